The number of aromatic nitrogens is 1. The first-order chi connectivity index (χ1) is 8.27. The van der Waals surface area contributed by atoms with Crippen LogP contribution in [0.3, 0.4) is 0 Å². The molecule has 2 nitrogen and oxygen atoms in total. The highest BCUT2D eigenvalue weighted by Gasteiger charge is 2.41. The monoisotopic (exact) mass is 249 g/mol. The summed E-state index contributed by atoms with van der Waals surface area (Å²) in [6, 6.07) is 8.53. The van der Waals surface area contributed by atoms with Crippen molar-refractivity contribution in [1.82, 2.24) is 4.57 Å². The maximum atomic E-state index is 5.94. The average molecular weight is 250 g/mol. The van der Waals surface area contributed by atoms with Gasteiger partial charge >= 0.3 is 0 Å². The molecule has 0 unspecified atom stereocenters. The molecule has 1 fully saturated rings. The third kappa shape index (κ3) is 1.59. The van der Waals surface area contributed by atoms with Gasteiger partial charge in [-0.05, 0) is 18.1 Å². The Kier molecular flexibility index (Phi) is 2.64. The van der Waals surface area contributed by atoms with Crippen molar-refractivity contribution in [3.8, 4) is 0 Å². The van der Waals surface area contributed by atoms with Crippen molar-refractivity contribution in [2.75, 3.05) is 19.1 Å². The molecule has 1 aromatic heterocycles. The Morgan fingerprint density at radius 1 is 1.35 bits per heavy atom. The highest BCUT2D eigenvalue weighted by Crippen LogP contribution is 2.40. The van der Waals surface area contributed by atoms with E-state index in [0.717, 1.165) is 19.6 Å². The van der Waals surface area contributed by atoms with Crippen molar-refractivity contribution in [2.45, 2.75) is 11.8 Å². The molecule has 0 radical (unpaired) electrons. The van der Waals surface area contributed by atoms with Gasteiger partial charge in [-0.15, -0.1) is 11.6 Å². The molecule has 0 N–H and O–H groups in total. The van der Waals surface area contributed by atoms with Gasteiger partial charge in [-0.2, -0.15) is 0 Å². The summed E-state index contributed by atoms with van der Waals surface area (Å²) in [4.78, 5) is 0. The van der Waals surface area contributed by atoms with Crippen LogP contribution in [-0.4, -0.2) is 23.7 Å². The molecule has 17 heavy (non-hydrogen) atoms. The maximum absolute atomic E-state index is 5.94. The highest BCUT2D eigenvalue weighted by molar-refractivity contribution is 6.17. The van der Waals surface area contributed by atoms with E-state index in [2.05, 4.69) is 42.1 Å². The van der Waals surface area contributed by atoms with Crippen molar-refractivity contribution < 1.29 is 4.74 Å². The Hall–Kier alpha value is -0.990. The van der Waals surface area contributed by atoms with Gasteiger partial charge in [-0.3, -0.25) is 0 Å². The average Bonchev–Trinajstić information content (AvgIpc) is 2.63. The number of para-hydroxylation sites is 1. The molecule has 3 rings (SSSR count). The number of hydrogen-bond donors (Lipinski definition) is 0. The van der Waals surface area contributed by atoms with Crippen LogP contribution in [0.15, 0.2) is 30.5 Å². The first-order valence-corrected chi connectivity index (χ1v) is 6.48. The number of hydrogen-bond acceptors (Lipinski definition) is 1. The lowest BCUT2D eigenvalue weighted by Gasteiger charge is -2.41. The van der Waals surface area contributed by atoms with E-state index in [1.54, 1.807) is 0 Å². The quantitative estimate of drug-likeness (QED) is 0.763. The van der Waals surface area contributed by atoms with Crippen molar-refractivity contribution in [2.24, 2.45) is 7.05 Å². The van der Waals surface area contributed by atoms with Crippen LogP contribution < -0.4 is 0 Å². The second kappa shape index (κ2) is 4.04. The van der Waals surface area contributed by atoms with Crippen molar-refractivity contribution in [3.63, 3.8) is 0 Å². The summed E-state index contributed by atoms with van der Waals surface area (Å²) in [6.07, 6.45) is 3.22. The number of fused-ring (bicyclic) bond motifs is 1. The number of rotatable bonds is 3. The fourth-order valence-electron chi connectivity index (χ4n) is 2.73. The molecule has 0 aliphatic carbocycles. The van der Waals surface area contributed by atoms with Crippen molar-refractivity contribution in [3.05, 3.63) is 36.0 Å². The Balaban J connectivity index is 2.16. The number of ether oxygens (including phenoxy) is 1. The van der Waals surface area contributed by atoms with Crippen LogP contribution >= 0.6 is 11.6 Å². The lowest BCUT2D eigenvalue weighted by atomic mass is 9.76. The molecule has 0 amide bonds. The number of aryl methyl sites for hydroxylation is 1. The minimum atomic E-state index is 0.141. The summed E-state index contributed by atoms with van der Waals surface area (Å²) in [7, 11) is 2.10. The van der Waals surface area contributed by atoms with Gasteiger partial charge in [0.05, 0.1) is 13.2 Å². The molecule has 2 aromatic rings. The zero-order valence-corrected chi connectivity index (χ0v) is 10.7. The third-order valence-electron chi connectivity index (χ3n) is 3.80. The van der Waals surface area contributed by atoms with Gasteiger partial charge in [0.2, 0.25) is 0 Å². The van der Waals surface area contributed by atoms with Crippen LogP contribution in [0.5, 0.6) is 0 Å². The normalized spacial score (nSPS) is 18.2. The van der Waals surface area contributed by atoms with Crippen LogP contribution in [0, 0.1) is 0 Å². The predicted molar refractivity (Wildman–Crippen MR) is 70.8 cm³/mol. The van der Waals surface area contributed by atoms with Gasteiger partial charge in [0, 0.05) is 35.4 Å². The Labute approximate surface area is 106 Å². The largest absolute Gasteiger partial charge is 0.379 e. The molecule has 1 aromatic carbocycles. The molecule has 0 spiro atoms. The lowest BCUT2D eigenvalue weighted by Crippen LogP contribution is -2.47. The number of halogens is 1. The SMILES string of the molecule is Cn1cc(C2(CCCl)COC2)c2ccccc21. The van der Waals surface area contributed by atoms with Crippen LogP contribution in [0.25, 0.3) is 10.9 Å². The summed E-state index contributed by atoms with van der Waals surface area (Å²) in [5.41, 5.74) is 2.81. The highest BCUT2D eigenvalue weighted by atomic mass is 35.5. The van der Waals surface area contributed by atoms with Crippen LogP contribution in [0.1, 0.15) is 12.0 Å². The zero-order chi connectivity index (χ0) is 11.9. The first-order valence-electron chi connectivity index (χ1n) is 5.95. The van der Waals surface area contributed by atoms with Gasteiger partial charge in [0.25, 0.3) is 0 Å². The second-order valence-electron chi connectivity index (χ2n) is 4.88. The van der Waals surface area contributed by atoms with Crippen molar-refractivity contribution >= 4 is 22.5 Å². The Bertz CT molecular complexity index is 542. The predicted octanol–water partition coefficient (Wildman–Crippen LogP) is 3.08. The summed E-state index contributed by atoms with van der Waals surface area (Å²) < 4.78 is 7.63. The number of benzene rings is 1. The fraction of sp³-hybridized carbons (Fsp3) is 0.429. The van der Waals surface area contributed by atoms with Crippen LogP contribution in [0.2, 0.25) is 0 Å². The van der Waals surface area contributed by atoms with E-state index < -0.39 is 0 Å². The fourth-order valence-corrected chi connectivity index (χ4v) is 3.09. The van der Waals surface area contributed by atoms with Gasteiger partial charge in [-0.25, -0.2) is 0 Å². The molecule has 1 aliphatic heterocycles. The van der Waals surface area contributed by atoms with E-state index in [0.29, 0.717) is 5.88 Å². The Morgan fingerprint density at radius 2 is 2.12 bits per heavy atom. The third-order valence-corrected chi connectivity index (χ3v) is 3.99. The first kappa shape index (κ1) is 11.1. The van der Waals surface area contributed by atoms with Gasteiger partial charge in [0.15, 0.2) is 0 Å². The summed E-state index contributed by atoms with van der Waals surface area (Å²) in [5.74, 6) is 0.687. The molecule has 2 heterocycles. The number of nitrogens with zero attached hydrogens (tertiary/aromatic N) is 1. The molecule has 0 atom stereocenters. The molecule has 3 heteroatoms. The number of alkyl halides is 1. The molecule has 1 aliphatic rings. The van der Waals surface area contributed by atoms with Gasteiger partial charge < -0.3 is 9.30 Å². The molecule has 90 valence electrons. The maximum Gasteiger partial charge on any atom is 0.0586 e. The molecule has 0 saturated carbocycles. The van der Waals surface area contributed by atoms with E-state index in [4.69, 9.17) is 16.3 Å². The summed E-state index contributed by atoms with van der Waals surface area (Å²) in [6.45, 7) is 1.60. The van der Waals surface area contributed by atoms with Crippen LogP contribution in [-0.2, 0) is 17.2 Å². The smallest absolute Gasteiger partial charge is 0.0586 e. The molecular formula is C14H16ClNO. The minimum absolute atomic E-state index is 0.141. The Morgan fingerprint density at radius 3 is 2.76 bits per heavy atom. The topological polar surface area (TPSA) is 14.2 Å². The van der Waals surface area contributed by atoms with Crippen LogP contribution in [0.4, 0.5) is 0 Å². The van der Waals surface area contributed by atoms with E-state index >= 15 is 0 Å². The summed E-state index contributed by atoms with van der Waals surface area (Å²) >= 11 is 5.94. The standard InChI is InChI=1S/C14H16ClNO/c1-16-8-12(11-4-2-3-5-13(11)16)14(6-7-15)9-17-10-14/h2-5,8H,6-7,9-10H2,1H3. The van der Waals surface area contributed by atoms with E-state index in [1.165, 1.54) is 16.5 Å². The minimum Gasteiger partial charge on any atom is -0.379 e. The lowest BCUT2D eigenvalue weighted by molar-refractivity contribution is -0.0608. The van der Waals surface area contributed by atoms with E-state index in [9.17, 15) is 0 Å². The molecule has 0 bridgehead atoms. The van der Waals surface area contributed by atoms with E-state index in [1.807, 2.05) is 0 Å². The summed E-state index contributed by atoms with van der Waals surface area (Å²) in [5, 5.41) is 1.34. The van der Waals surface area contributed by atoms with E-state index in [-0.39, 0.29) is 5.41 Å². The molecular weight excluding hydrogens is 234 g/mol. The van der Waals surface area contributed by atoms with Crippen molar-refractivity contribution in [1.29, 1.82) is 0 Å². The molecule has 1 saturated heterocycles. The zero-order valence-electron chi connectivity index (χ0n) is 9.95. The second-order valence-corrected chi connectivity index (χ2v) is 5.26. The van der Waals surface area contributed by atoms with Gasteiger partial charge in [0.1, 0.15) is 0 Å². The van der Waals surface area contributed by atoms with Gasteiger partial charge in [-0.1, -0.05) is 18.2 Å².